The number of oxazole rings is 1. The Hall–Kier alpha value is -3.68. The van der Waals surface area contributed by atoms with Gasteiger partial charge in [0, 0.05) is 11.3 Å². The van der Waals surface area contributed by atoms with Crippen molar-refractivity contribution in [2.75, 3.05) is 5.32 Å². The molecule has 3 aromatic rings. The van der Waals surface area contributed by atoms with E-state index in [0.29, 0.717) is 28.8 Å². The first kappa shape index (κ1) is 18.1. The first-order valence-corrected chi connectivity index (χ1v) is 8.23. The molecule has 0 aliphatic rings. The molecule has 1 unspecified atom stereocenters. The van der Waals surface area contributed by atoms with Crippen molar-refractivity contribution >= 4 is 34.6 Å². The first-order chi connectivity index (χ1) is 13.0. The molecule has 0 fully saturated rings. The summed E-state index contributed by atoms with van der Waals surface area (Å²) in [6.07, 6.45) is 0.603. The molecule has 0 bridgehead atoms. The molecule has 1 atom stereocenters. The third kappa shape index (κ3) is 4.12. The van der Waals surface area contributed by atoms with E-state index in [-0.39, 0.29) is 5.56 Å². The number of primary amides is 1. The maximum Gasteiger partial charge on any atom is 0.339 e. The molecule has 138 valence electrons. The van der Waals surface area contributed by atoms with Crippen molar-refractivity contribution in [1.29, 1.82) is 0 Å². The van der Waals surface area contributed by atoms with Gasteiger partial charge >= 0.3 is 5.97 Å². The molecule has 0 radical (unpaired) electrons. The van der Waals surface area contributed by atoms with E-state index >= 15 is 0 Å². The summed E-state index contributed by atoms with van der Waals surface area (Å²) in [5, 5.41) is 2.64. The number of aromatic nitrogens is 1. The Balaban J connectivity index is 1.67. The Morgan fingerprint density at radius 2 is 1.85 bits per heavy atom. The lowest BCUT2D eigenvalue weighted by molar-refractivity contribution is -0.124. The van der Waals surface area contributed by atoms with Crippen LogP contribution >= 0.6 is 0 Å². The van der Waals surface area contributed by atoms with Gasteiger partial charge in [0.05, 0.1) is 5.56 Å². The van der Waals surface area contributed by atoms with Crippen LogP contribution in [-0.4, -0.2) is 28.9 Å². The van der Waals surface area contributed by atoms with E-state index < -0.39 is 23.9 Å². The van der Waals surface area contributed by atoms with Gasteiger partial charge in [-0.15, -0.1) is 0 Å². The quantitative estimate of drug-likeness (QED) is 0.645. The monoisotopic (exact) mass is 367 g/mol. The fourth-order valence-corrected chi connectivity index (χ4v) is 2.44. The standard InChI is InChI=1S/C19H17N3O5/c1-2-15(18(24)22-13-6-3-11(4-7-13)17(20)23)27-19(25)12-5-8-14-16(9-12)26-10-21-14/h3-10,15H,2H2,1H3,(H2,20,23)(H,22,24). The van der Waals surface area contributed by atoms with Crippen molar-refractivity contribution in [2.24, 2.45) is 5.73 Å². The van der Waals surface area contributed by atoms with E-state index in [9.17, 15) is 14.4 Å². The number of benzene rings is 2. The van der Waals surface area contributed by atoms with Gasteiger partial charge in [-0.25, -0.2) is 9.78 Å². The van der Waals surface area contributed by atoms with E-state index in [1.54, 1.807) is 31.2 Å². The van der Waals surface area contributed by atoms with Gasteiger partial charge in [-0.1, -0.05) is 6.92 Å². The molecule has 0 spiro atoms. The van der Waals surface area contributed by atoms with Crippen LogP contribution in [0.5, 0.6) is 0 Å². The van der Waals surface area contributed by atoms with Gasteiger partial charge in [-0.3, -0.25) is 9.59 Å². The summed E-state index contributed by atoms with van der Waals surface area (Å²) < 4.78 is 10.5. The van der Waals surface area contributed by atoms with Crippen molar-refractivity contribution in [3.05, 3.63) is 60.0 Å². The summed E-state index contributed by atoms with van der Waals surface area (Å²) in [7, 11) is 0. The minimum atomic E-state index is -0.973. The number of nitrogens with one attached hydrogen (secondary N) is 1. The van der Waals surface area contributed by atoms with E-state index in [1.165, 1.54) is 24.6 Å². The average Bonchev–Trinajstić information content (AvgIpc) is 3.14. The van der Waals surface area contributed by atoms with Gasteiger partial charge in [-0.05, 0) is 48.9 Å². The Bertz CT molecular complexity index is 994. The predicted octanol–water partition coefficient (Wildman–Crippen LogP) is 2.50. The smallest absolute Gasteiger partial charge is 0.339 e. The first-order valence-electron chi connectivity index (χ1n) is 8.23. The van der Waals surface area contributed by atoms with E-state index in [0.717, 1.165) is 0 Å². The number of fused-ring (bicyclic) bond motifs is 1. The number of nitrogens with two attached hydrogens (primary N) is 1. The molecule has 0 saturated carbocycles. The van der Waals surface area contributed by atoms with Crippen LogP contribution in [0.25, 0.3) is 11.1 Å². The third-order valence-electron chi connectivity index (χ3n) is 3.92. The van der Waals surface area contributed by atoms with Crippen molar-refractivity contribution in [3.63, 3.8) is 0 Å². The molecule has 0 aliphatic heterocycles. The van der Waals surface area contributed by atoms with Crippen LogP contribution < -0.4 is 11.1 Å². The molecule has 3 rings (SSSR count). The van der Waals surface area contributed by atoms with Crippen molar-refractivity contribution < 1.29 is 23.5 Å². The number of hydrogen-bond acceptors (Lipinski definition) is 6. The van der Waals surface area contributed by atoms with E-state index in [2.05, 4.69) is 10.3 Å². The number of ether oxygens (including phenoxy) is 1. The van der Waals surface area contributed by atoms with Crippen LogP contribution in [0.4, 0.5) is 5.69 Å². The van der Waals surface area contributed by atoms with Crippen LogP contribution in [0.2, 0.25) is 0 Å². The van der Waals surface area contributed by atoms with Crippen molar-refractivity contribution in [1.82, 2.24) is 4.98 Å². The number of nitrogens with zero attached hydrogens (tertiary/aromatic N) is 1. The van der Waals surface area contributed by atoms with E-state index in [1.807, 2.05) is 0 Å². The fourth-order valence-electron chi connectivity index (χ4n) is 2.44. The number of hydrogen-bond donors (Lipinski definition) is 2. The van der Waals surface area contributed by atoms with Crippen LogP contribution in [-0.2, 0) is 9.53 Å². The summed E-state index contributed by atoms with van der Waals surface area (Å²) in [6.45, 7) is 1.73. The fraction of sp³-hybridized carbons (Fsp3) is 0.158. The SMILES string of the molecule is CCC(OC(=O)c1ccc2ncoc2c1)C(=O)Nc1ccc(C(N)=O)cc1. The highest BCUT2D eigenvalue weighted by atomic mass is 16.5. The van der Waals surface area contributed by atoms with Crippen molar-refractivity contribution in [2.45, 2.75) is 19.4 Å². The van der Waals surface area contributed by atoms with Crippen molar-refractivity contribution in [3.8, 4) is 0 Å². The maximum absolute atomic E-state index is 12.4. The summed E-state index contributed by atoms with van der Waals surface area (Å²) in [4.78, 5) is 39.8. The lowest BCUT2D eigenvalue weighted by atomic mass is 10.2. The Morgan fingerprint density at radius 1 is 1.15 bits per heavy atom. The Morgan fingerprint density at radius 3 is 2.52 bits per heavy atom. The molecule has 8 heteroatoms. The van der Waals surface area contributed by atoms with Gasteiger partial charge in [-0.2, -0.15) is 0 Å². The second-order valence-corrected chi connectivity index (χ2v) is 5.77. The van der Waals surface area contributed by atoms with Gasteiger partial charge in [0.15, 0.2) is 18.1 Å². The normalized spacial score (nSPS) is 11.7. The lowest BCUT2D eigenvalue weighted by Gasteiger charge is -2.16. The van der Waals surface area contributed by atoms with Crippen LogP contribution in [0.15, 0.2) is 53.3 Å². The number of esters is 1. The highest BCUT2D eigenvalue weighted by molar-refractivity contribution is 5.99. The maximum atomic E-state index is 12.4. The summed E-state index contributed by atoms with van der Waals surface area (Å²) >= 11 is 0. The molecule has 1 aromatic heterocycles. The molecule has 3 N–H and O–H groups in total. The number of rotatable bonds is 6. The largest absolute Gasteiger partial charge is 0.449 e. The van der Waals surface area contributed by atoms with Gasteiger partial charge in [0.1, 0.15) is 5.52 Å². The number of amides is 2. The zero-order valence-corrected chi connectivity index (χ0v) is 14.5. The zero-order valence-electron chi connectivity index (χ0n) is 14.5. The van der Waals surface area contributed by atoms with Gasteiger partial charge in [0.2, 0.25) is 5.91 Å². The number of anilines is 1. The minimum absolute atomic E-state index is 0.260. The highest BCUT2D eigenvalue weighted by Gasteiger charge is 2.22. The Labute approximate surface area is 154 Å². The van der Waals surface area contributed by atoms with Gasteiger partial charge < -0.3 is 20.2 Å². The molecular weight excluding hydrogens is 350 g/mol. The molecule has 0 aliphatic carbocycles. The molecule has 27 heavy (non-hydrogen) atoms. The number of carbonyl (C=O) groups is 3. The lowest BCUT2D eigenvalue weighted by Crippen LogP contribution is -2.32. The van der Waals surface area contributed by atoms with Crippen LogP contribution in [0.3, 0.4) is 0 Å². The number of carbonyl (C=O) groups excluding carboxylic acids is 3. The molecule has 8 nitrogen and oxygen atoms in total. The summed E-state index contributed by atoms with van der Waals surface area (Å²) in [5.41, 5.74) is 7.30. The second-order valence-electron chi connectivity index (χ2n) is 5.77. The second kappa shape index (κ2) is 7.69. The molecule has 2 amide bonds. The molecule has 0 saturated heterocycles. The molecule has 2 aromatic carbocycles. The van der Waals surface area contributed by atoms with Crippen LogP contribution in [0, 0.1) is 0 Å². The predicted molar refractivity (Wildman–Crippen MR) is 97.1 cm³/mol. The summed E-state index contributed by atoms with van der Waals surface area (Å²) in [6, 6.07) is 10.8. The highest BCUT2D eigenvalue weighted by Crippen LogP contribution is 2.17. The topological polar surface area (TPSA) is 125 Å². The summed E-state index contributed by atoms with van der Waals surface area (Å²) in [5.74, 6) is -1.67. The zero-order chi connectivity index (χ0) is 19.4. The Kier molecular flexibility index (Phi) is 5.16. The average molecular weight is 367 g/mol. The minimum Gasteiger partial charge on any atom is -0.449 e. The molecular formula is C19H17N3O5. The van der Waals surface area contributed by atoms with E-state index in [4.69, 9.17) is 14.9 Å². The van der Waals surface area contributed by atoms with Gasteiger partial charge in [0.25, 0.3) is 5.91 Å². The molecule has 1 heterocycles. The third-order valence-corrected chi connectivity index (χ3v) is 3.92. The van der Waals surface area contributed by atoms with Crippen LogP contribution in [0.1, 0.15) is 34.1 Å².